The Morgan fingerprint density at radius 1 is 1.47 bits per heavy atom. The van der Waals surface area contributed by atoms with Gasteiger partial charge in [-0.3, -0.25) is 16.3 Å². The van der Waals surface area contributed by atoms with Crippen LogP contribution in [0.15, 0.2) is 31.0 Å². The average Bonchev–Trinajstić information content (AvgIpc) is 2.29. The first-order valence-corrected chi connectivity index (χ1v) is 5.09. The molecule has 1 rings (SSSR count). The lowest BCUT2D eigenvalue weighted by atomic mass is 10.1. The van der Waals surface area contributed by atoms with Gasteiger partial charge in [-0.1, -0.05) is 6.08 Å². The van der Waals surface area contributed by atoms with Gasteiger partial charge < -0.3 is 0 Å². The van der Waals surface area contributed by atoms with E-state index in [9.17, 15) is 13.2 Å². The molecule has 94 valence electrons. The maximum atomic E-state index is 12.3. The van der Waals surface area contributed by atoms with Crippen molar-refractivity contribution in [3.8, 4) is 0 Å². The van der Waals surface area contributed by atoms with E-state index >= 15 is 0 Å². The molecule has 0 amide bonds. The molecule has 0 fully saturated rings. The number of nitrogens with one attached hydrogen (secondary N) is 1. The molecule has 3 nitrogen and oxygen atoms in total. The van der Waals surface area contributed by atoms with Crippen LogP contribution >= 0.6 is 0 Å². The van der Waals surface area contributed by atoms with Gasteiger partial charge in [0, 0.05) is 6.20 Å². The maximum Gasteiger partial charge on any atom is 0.417 e. The topological polar surface area (TPSA) is 50.9 Å². The molecule has 1 atom stereocenters. The highest BCUT2D eigenvalue weighted by molar-refractivity contribution is 5.18. The number of allylic oxidation sites excluding steroid dienone is 1. The van der Waals surface area contributed by atoms with Crippen LogP contribution in [0.4, 0.5) is 13.2 Å². The van der Waals surface area contributed by atoms with Gasteiger partial charge in [0.05, 0.1) is 17.3 Å². The summed E-state index contributed by atoms with van der Waals surface area (Å²) in [6.45, 7) is 3.57. The van der Waals surface area contributed by atoms with E-state index < -0.39 is 11.7 Å². The van der Waals surface area contributed by atoms with Crippen molar-refractivity contribution in [3.63, 3.8) is 0 Å². The largest absolute Gasteiger partial charge is 0.417 e. The number of halogens is 3. The molecule has 1 heterocycles. The monoisotopic (exact) mass is 245 g/mol. The summed E-state index contributed by atoms with van der Waals surface area (Å²) in [5.74, 6) is 5.32. The molecule has 0 aliphatic carbocycles. The second-order valence-electron chi connectivity index (χ2n) is 3.55. The number of nitrogens with zero attached hydrogens (tertiary/aromatic N) is 1. The fourth-order valence-electron chi connectivity index (χ4n) is 1.38. The lowest BCUT2D eigenvalue weighted by Crippen LogP contribution is -2.28. The van der Waals surface area contributed by atoms with Gasteiger partial charge in [-0.15, -0.1) is 6.58 Å². The Hall–Kier alpha value is -1.40. The first kappa shape index (κ1) is 13.7. The predicted molar refractivity (Wildman–Crippen MR) is 58.7 cm³/mol. The number of hydrogen-bond acceptors (Lipinski definition) is 3. The van der Waals surface area contributed by atoms with Crippen molar-refractivity contribution in [3.05, 3.63) is 42.2 Å². The Morgan fingerprint density at radius 3 is 2.59 bits per heavy atom. The van der Waals surface area contributed by atoms with E-state index in [0.29, 0.717) is 18.5 Å². The number of rotatable bonds is 5. The van der Waals surface area contributed by atoms with Crippen molar-refractivity contribution in [1.82, 2.24) is 10.4 Å². The molecule has 1 aromatic rings. The molecule has 0 radical (unpaired) electrons. The fourth-order valence-corrected chi connectivity index (χ4v) is 1.38. The number of hydrogen-bond donors (Lipinski definition) is 2. The van der Waals surface area contributed by atoms with Crippen molar-refractivity contribution >= 4 is 0 Å². The summed E-state index contributed by atoms with van der Waals surface area (Å²) >= 11 is 0. The summed E-state index contributed by atoms with van der Waals surface area (Å²) in [6, 6.07) is 2.06. The van der Waals surface area contributed by atoms with E-state index in [2.05, 4.69) is 17.0 Å². The van der Waals surface area contributed by atoms with Crippen molar-refractivity contribution < 1.29 is 13.2 Å². The molecule has 0 aliphatic rings. The number of pyridine rings is 1. The Balaban J connectivity index is 2.81. The number of alkyl halides is 3. The predicted octanol–water partition coefficient (Wildman–Crippen LogP) is 2.57. The van der Waals surface area contributed by atoms with E-state index in [1.165, 1.54) is 6.07 Å². The summed E-state index contributed by atoms with van der Waals surface area (Å²) in [4.78, 5) is 3.77. The van der Waals surface area contributed by atoms with Crippen LogP contribution in [-0.4, -0.2) is 4.98 Å². The van der Waals surface area contributed by atoms with Crippen molar-refractivity contribution in [1.29, 1.82) is 0 Å². The van der Waals surface area contributed by atoms with Gasteiger partial charge in [-0.25, -0.2) is 0 Å². The normalized spacial score (nSPS) is 13.4. The van der Waals surface area contributed by atoms with Crippen LogP contribution in [-0.2, 0) is 6.18 Å². The van der Waals surface area contributed by atoms with Gasteiger partial charge in [0.2, 0.25) is 0 Å². The van der Waals surface area contributed by atoms with Crippen molar-refractivity contribution in [2.24, 2.45) is 5.84 Å². The zero-order valence-electron chi connectivity index (χ0n) is 9.17. The Morgan fingerprint density at radius 2 is 2.18 bits per heavy atom. The van der Waals surface area contributed by atoms with Gasteiger partial charge in [0.1, 0.15) is 0 Å². The van der Waals surface area contributed by atoms with Gasteiger partial charge in [0.15, 0.2) is 0 Å². The van der Waals surface area contributed by atoms with Crippen LogP contribution in [0.25, 0.3) is 0 Å². The summed E-state index contributed by atoms with van der Waals surface area (Å²) in [5.41, 5.74) is 2.24. The minimum Gasteiger partial charge on any atom is -0.271 e. The molecule has 3 N–H and O–H groups in total. The molecule has 0 aromatic carbocycles. The second kappa shape index (κ2) is 5.79. The van der Waals surface area contributed by atoms with Gasteiger partial charge in [-0.2, -0.15) is 13.2 Å². The maximum absolute atomic E-state index is 12.3. The smallest absolute Gasteiger partial charge is 0.271 e. The molecule has 0 spiro atoms. The van der Waals surface area contributed by atoms with Crippen LogP contribution < -0.4 is 11.3 Å². The number of nitrogens with two attached hydrogens (primary N) is 1. The SMILES string of the molecule is C=CCCC(NN)c1ccc(C(F)(F)F)cn1. The second-order valence-corrected chi connectivity index (χ2v) is 3.55. The zero-order chi connectivity index (χ0) is 12.9. The molecule has 0 saturated heterocycles. The first-order chi connectivity index (χ1) is 7.99. The van der Waals surface area contributed by atoms with E-state index in [1.807, 2.05) is 0 Å². The standard InChI is InChI=1S/C11H14F3N3/c1-2-3-4-10(17-15)9-6-5-8(7-16-9)11(12,13)14/h2,5-7,10,17H,1,3-4,15H2. The van der Waals surface area contributed by atoms with Crippen molar-refractivity contribution in [2.45, 2.75) is 25.1 Å². The molecule has 17 heavy (non-hydrogen) atoms. The third-order valence-electron chi connectivity index (χ3n) is 2.33. The Bertz CT molecular complexity index is 359. The minimum atomic E-state index is -4.36. The molecular formula is C11H14F3N3. The highest BCUT2D eigenvalue weighted by Gasteiger charge is 2.30. The molecule has 1 aromatic heterocycles. The van der Waals surface area contributed by atoms with Crippen LogP contribution in [0, 0.1) is 0 Å². The molecule has 0 bridgehead atoms. The third kappa shape index (κ3) is 3.83. The summed E-state index contributed by atoms with van der Waals surface area (Å²) < 4.78 is 36.9. The van der Waals surface area contributed by atoms with Crippen LogP contribution in [0.3, 0.4) is 0 Å². The van der Waals surface area contributed by atoms with E-state index in [-0.39, 0.29) is 6.04 Å². The molecule has 0 aliphatic heterocycles. The molecule has 6 heteroatoms. The van der Waals surface area contributed by atoms with Gasteiger partial charge >= 0.3 is 6.18 Å². The number of aromatic nitrogens is 1. The minimum absolute atomic E-state index is 0.268. The zero-order valence-corrected chi connectivity index (χ0v) is 9.17. The lowest BCUT2D eigenvalue weighted by molar-refractivity contribution is -0.137. The molecule has 1 unspecified atom stereocenters. The van der Waals surface area contributed by atoms with Gasteiger partial charge in [0.25, 0.3) is 0 Å². The number of hydrazine groups is 1. The molecule has 0 saturated carbocycles. The van der Waals surface area contributed by atoms with Crippen LogP contribution in [0.1, 0.15) is 30.1 Å². The summed E-state index contributed by atoms with van der Waals surface area (Å²) in [5, 5.41) is 0. The quantitative estimate of drug-likeness (QED) is 0.476. The fraction of sp³-hybridized carbons (Fsp3) is 0.364. The highest BCUT2D eigenvalue weighted by atomic mass is 19.4. The van der Waals surface area contributed by atoms with Crippen LogP contribution in [0.2, 0.25) is 0 Å². The van der Waals surface area contributed by atoms with Gasteiger partial charge in [-0.05, 0) is 25.0 Å². The summed E-state index contributed by atoms with van der Waals surface area (Å²) in [7, 11) is 0. The third-order valence-corrected chi connectivity index (χ3v) is 2.33. The van der Waals surface area contributed by atoms with Crippen LogP contribution in [0.5, 0.6) is 0 Å². The highest BCUT2D eigenvalue weighted by Crippen LogP contribution is 2.29. The Kier molecular flexibility index (Phi) is 4.65. The Labute approximate surface area is 97.5 Å². The first-order valence-electron chi connectivity index (χ1n) is 5.09. The van der Waals surface area contributed by atoms with E-state index in [0.717, 1.165) is 12.3 Å². The molecular weight excluding hydrogens is 231 g/mol. The van der Waals surface area contributed by atoms with E-state index in [1.54, 1.807) is 6.08 Å². The average molecular weight is 245 g/mol. The summed E-state index contributed by atoms with van der Waals surface area (Å²) in [6.07, 6.45) is -0.490. The van der Waals surface area contributed by atoms with E-state index in [4.69, 9.17) is 5.84 Å². The lowest BCUT2D eigenvalue weighted by Gasteiger charge is -2.15. The van der Waals surface area contributed by atoms with Crippen molar-refractivity contribution in [2.75, 3.05) is 0 Å².